The van der Waals surface area contributed by atoms with Crippen molar-refractivity contribution in [3.63, 3.8) is 0 Å². The number of nitrogens with one attached hydrogen (secondary N) is 1. The number of rotatable bonds is 6. The van der Waals surface area contributed by atoms with Crippen LogP contribution in [0.25, 0.3) is 0 Å². The summed E-state index contributed by atoms with van der Waals surface area (Å²) in [6, 6.07) is 5.14. The fourth-order valence-electron chi connectivity index (χ4n) is 1.99. The quantitative estimate of drug-likeness (QED) is 0.817. The monoisotopic (exact) mass is 253 g/mol. The third-order valence-corrected chi connectivity index (χ3v) is 3.09. The molecular weight excluding hydrogens is 229 g/mol. The highest BCUT2D eigenvalue weighted by Gasteiger charge is 2.21. The van der Waals surface area contributed by atoms with Gasteiger partial charge in [-0.1, -0.05) is 19.9 Å². The Morgan fingerprint density at radius 1 is 1.39 bits per heavy atom. The van der Waals surface area contributed by atoms with Crippen LogP contribution in [-0.4, -0.2) is 23.3 Å². The van der Waals surface area contributed by atoms with Gasteiger partial charge in [0.1, 0.15) is 5.82 Å². The molecule has 0 heterocycles. The molecule has 0 aromatic heterocycles. The van der Waals surface area contributed by atoms with E-state index in [1.165, 1.54) is 12.1 Å². The summed E-state index contributed by atoms with van der Waals surface area (Å²) in [6.07, 6.45) is 1.24. The molecule has 0 fully saturated rings. The maximum absolute atomic E-state index is 13.0. The first-order chi connectivity index (χ1) is 8.30. The first kappa shape index (κ1) is 15.1. The topological polar surface area (TPSA) is 32.3 Å². The van der Waals surface area contributed by atoms with E-state index in [9.17, 15) is 9.50 Å². The Kier molecular flexibility index (Phi) is 5.29. The second-order valence-corrected chi connectivity index (χ2v) is 5.60. The van der Waals surface area contributed by atoms with Gasteiger partial charge in [0, 0.05) is 12.5 Å². The summed E-state index contributed by atoms with van der Waals surface area (Å²) in [5.41, 5.74) is 1.14. The highest BCUT2D eigenvalue weighted by Crippen LogP contribution is 2.20. The van der Waals surface area contributed by atoms with Gasteiger partial charge < -0.3 is 10.4 Å². The van der Waals surface area contributed by atoms with E-state index in [1.807, 2.05) is 13.8 Å². The Bertz CT molecular complexity index is 388. The van der Waals surface area contributed by atoms with Gasteiger partial charge in [-0.2, -0.15) is 0 Å². The van der Waals surface area contributed by atoms with Crippen LogP contribution in [0.1, 0.15) is 38.3 Å². The molecule has 1 unspecified atom stereocenters. The van der Waals surface area contributed by atoms with Crippen LogP contribution >= 0.6 is 0 Å². The number of aliphatic hydroxyl groups is 1. The molecule has 0 saturated heterocycles. The van der Waals surface area contributed by atoms with Crippen LogP contribution in [-0.2, 0) is 6.42 Å². The molecule has 0 aliphatic heterocycles. The average Bonchev–Trinajstić information content (AvgIpc) is 2.21. The molecular formula is C15H24FNO. The van der Waals surface area contributed by atoms with Crippen LogP contribution in [0.5, 0.6) is 0 Å². The molecule has 1 rings (SSSR count). The van der Waals surface area contributed by atoms with Crippen molar-refractivity contribution in [3.8, 4) is 0 Å². The summed E-state index contributed by atoms with van der Waals surface area (Å²) in [6.45, 7) is 8.65. The second-order valence-electron chi connectivity index (χ2n) is 5.60. The van der Waals surface area contributed by atoms with Crippen molar-refractivity contribution in [3.05, 3.63) is 35.1 Å². The van der Waals surface area contributed by atoms with Crippen LogP contribution in [0, 0.1) is 12.7 Å². The van der Waals surface area contributed by atoms with Crippen LogP contribution in [0.2, 0.25) is 0 Å². The smallest absolute Gasteiger partial charge is 0.123 e. The largest absolute Gasteiger partial charge is 0.390 e. The number of hydrogen-bond acceptors (Lipinski definition) is 2. The minimum absolute atomic E-state index is 0.225. The van der Waals surface area contributed by atoms with Gasteiger partial charge in [-0.15, -0.1) is 0 Å². The zero-order chi connectivity index (χ0) is 13.8. The predicted molar refractivity (Wildman–Crippen MR) is 73.2 cm³/mol. The Labute approximate surface area is 109 Å². The summed E-state index contributed by atoms with van der Waals surface area (Å²) in [5, 5.41) is 13.6. The van der Waals surface area contributed by atoms with E-state index in [2.05, 4.69) is 19.2 Å². The highest BCUT2D eigenvalue weighted by molar-refractivity contribution is 5.27. The van der Waals surface area contributed by atoms with E-state index in [4.69, 9.17) is 0 Å². The SMILES string of the molecule is Cc1cc(F)ccc1CC(C)(O)CCNC(C)C. The van der Waals surface area contributed by atoms with Gasteiger partial charge in [0.2, 0.25) is 0 Å². The number of benzene rings is 1. The molecule has 0 aliphatic rings. The molecule has 0 aliphatic carbocycles. The van der Waals surface area contributed by atoms with E-state index in [1.54, 1.807) is 6.07 Å². The molecule has 1 aromatic rings. The summed E-state index contributed by atoms with van der Waals surface area (Å²) in [5.74, 6) is -0.225. The van der Waals surface area contributed by atoms with Crippen molar-refractivity contribution in [2.75, 3.05) is 6.54 Å². The van der Waals surface area contributed by atoms with Gasteiger partial charge >= 0.3 is 0 Å². The second kappa shape index (κ2) is 6.30. The molecule has 0 radical (unpaired) electrons. The first-order valence-electron chi connectivity index (χ1n) is 6.51. The van der Waals surface area contributed by atoms with Crippen molar-refractivity contribution < 1.29 is 9.50 Å². The molecule has 1 aromatic carbocycles. The molecule has 2 nitrogen and oxygen atoms in total. The third kappa shape index (κ3) is 5.15. The van der Waals surface area contributed by atoms with Crippen molar-refractivity contribution in [2.45, 2.75) is 52.2 Å². The van der Waals surface area contributed by atoms with E-state index in [0.717, 1.165) is 17.7 Å². The van der Waals surface area contributed by atoms with E-state index >= 15 is 0 Å². The fourth-order valence-corrected chi connectivity index (χ4v) is 1.99. The van der Waals surface area contributed by atoms with Crippen LogP contribution in [0.3, 0.4) is 0 Å². The molecule has 0 amide bonds. The van der Waals surface area contributed by atoms with Gasteiger partial charge in [0.25, 0.3) is 0 Å². The van der Waals surface area contributed by atoms with Gasteiger partial charge in [0.05, 0.1) is 5.60 Å². The Morgan fingerprint density at radius 3 is 2.61 bits per heavy atom. The van der Waals surface area contributed by atoms with Gasteiger partial charge in [-0.3, -0.25) is 0 Å². The molecule has 0 saturated carbocycles. The lowest BCUT2D eigenvalue weighted by atomic mass is 9.91. The van der Waals surface area contributed by atoms with Crippen LogP contribution < -0.4 is 5.32 Å². The maximum Gasteiger partial charge on any atom is 0.123 e. The fraction of sp³-hybridized carbons (Fsp3) is 0.600. The Morgan fingerprint density at radius 2 is 2.06 bits per heavy atom. The molecule has 18 heavy (non-hydrogen) atoms. The molecule has 1 atom stereocenters. The molecule has 102 valence electrons. The third-order valence-electron chi connectivity index (χ3n) is 3.09. The van der Waals surface area contributed by atoms with Gasteiger partial charge in [-0.25, -0.2) is 4.39 Å². The molecule has 0 spiro atoms. The van der Waals surface area contributed by atoms with Gasteiger partial charge in [0.15, 0.2) is 0 Å². The van der Waals surface area contributed by atoms with Crippen molar-refractivity contribution >= 4 is 0 Å². The summed E-state index contributed by atoms with van der Waals surface area (Å²) in [4.78, 5) is 0. The summed E-state index contributed by atoms with van der Waals surface area (Å²) >= 11 is 0. The molecule has 0 bridgehead atoms. The Hall–Kier alpha value is -0.930. The number of hydrogen-bond donors (Lipinski definition) is 2. The van der Waals surface area contributed by atoms with E-state index < -0.39 is 5.60 Å². The minimum atomic E-state index is -0.759. The van der Waals surface area contributed by atoms with Crippen LogP contribution in [0.15, 0.2) is 18.2 Å². The van der Waals surface area contributed by atoms with Crippen LogP contribution in [0.4, 0.5) is 4.39 Å². The van der Waals surface area contributed by atoms with Crippen molar-refractivity contribution in [2.24, 2.45) is 0 Å². The standard InChI is InChI=1S/C15H24FNO/c1-11(2)17-8-7-15(4,18)10-13-5-6-14(16)9-12(13)3/h5-6,9,11,17-18H,7-8,10H2,1-4H3. The number of aryl methyl sites for hydroxylation is 1. The van der Waals surface area contributed by atoms with E-state index in [-0.39, 0.29) is 5.82 Å². The normalized spacial score (nSPS) is 14.8. The van der Waals surface area contributed by atoms with Crippen molar-refractivity contribution in [1.82, 2.24) is 5.32 Å². The highest BCUT2D eigenvalue weighted by atomic mass is 19.1. The Balaban J connectivity index is 2.58. The van der Waals surface area contributed by atoms with Gasteiger partial charge in [-0.05, 0) is 50.1 Å². The molecule has 2 N–H and O–H groups in total. The first-order valence-corrected chi connectivity index (χ1v) is 6.51. The van der Waals surface area contributed by atoms with E-state index in [0.29, 0.717) is 18.9 Å². The number of halogens is 1. The predicted octanol–water partition coefficient (Wildman–Crippen LogP) is 2.82. The van der Waals surface area contributed by atoms with Crippen molar-refractivity contribution in [1.29, 1.82) is 0 Å². The minimum Gasteiger partial charge on any atom is -0.390 e. The molecule has 3 heteroatoms. The lowest BCUT2D eigenvalue weighted by Crippen LogP contribution is -2.34. The zero-order valence-electron chi connectivity index (χ0n) is 11.8. The summed E-state index contributed by atoms with van der Waals surface area (Å²) in [7, 11) is 0. The summed E-state index contributed by atoms with van der Waals surface area (Å²) < 4.78 is 13.0. The average molecular weight is 253 g/mol. The lowest BCUT2D eigenvalue weighted by Gasteiger charge is -2.25. The zero-order valence-corrected chi connectivity index (χ0v) is 11.8. The maximum atomic E-state index is 13.0. The lowest BCUT2D eigenvalue weighted by molar-refractivity contribution is 0.0509.